The standard InChI is InChI=1S/C21H24N4O3/c1-12-14-8-9-24(11-17(14)23(5)22-12)18(26)13-6-7-15-16(10-13)20(28)25(19(15)27)21(2,3)4/h6-7,10H,8-9,11H2,1-5H3. The Morgan fingerprint density at radius 2 is 1.79 bits per heavy atom. The molecule has 3 heterocycles. The van der Waals surface area contributed by atoms with E-state index in [2.05, 4.69) is 5.10 Å². The highest BCUT2D eigenvalue weighted by molar-refractivity contribution is 6.22. The summed E-state index contributed by atoms with van der Waals surface area (Å²) in [5, 5.41) is 4.45. The van der Waals surface area contributed by atoms with Crippen LogP contribution in [0.1, 0.15) is 68.8 Å². The van der Waals surface area contributed by atoms with Gasteiger partial charge in [-0.2, -0.15) is 5.10 Å². The molecule has 28 heavy (non-hydrogen) atoms. The zero-order chi connectivity index (χ0) is 20.4. The quantitative estimate of drug-likeness (QED) is 0.712. The Morgan fingerprint density at radius 1 is 1.11 bits per heavy atom. The molecule has 2 aliphatic heterocycles. The fraction of sp³-hybridized carbons (Fsp3) is 0.429. The second kappa shape index (κ2) is 6.02. The monoisotopic (exact) mass is 380 g/mol. The maximum Gasteiger partial charge on any atom is 0.262 e. The van der Waals surface area contributed by atoms with Crippen LogP contribution < -0.4 is 0 Å². The van der Waals surface area contributed by atoms with E-state index in [4.69, 9.17) is 0 Å². The van der Waals surface area contributed by atoms with Crippen LogP contribution >= 0.6 is 0 Å². The lowest BCUT2D eigenvalue weighted by Crippen LogP contribution is -2.45. The molecule has 0 radical (unpaired) electrons. The Balaban J connectivity index is 1.63. The summed E-state index contributed by atoms with van der Waals surface area (Å²) in [7, 11) is 1.89. The second-order valence-electron chi connectivity index (χ2n) is 8.49. The maximum absolute atomic E-state index is 13.1. The molecule has 0 N–H and O–H groups in total. The molecule has 0 bridgehead atoms. The molecule has 0 atom stereocenters. The van der Waals surface area contributed by atoms with Crippen LogP contribution in [0.2, 0.25) is 0 Å². The number of carbonyl (C=O) groups excluding carboxylic acids is 3. The molecule has 4 rings (SSSR count). The van der Waals surface area contributed by atoms with Crippen molar-refractivity contribution in [3.63, 3.8) is 0 Å². The smallest absolute Gasteiger partial charge is 0.262 e. The van der Waals surface area contributed by atoms with Crippen LogP contribution in [-0.2, 0) is 20.0 Å². The van der Waals surface area contributed by atoms with Crippen LogP contribution in [0.3, 0.4) is 0 Å². The number of hydrogen-bond donors (Lipinski definition) is 0. The van der Waals surface area contributed by atoms with Gasteiger partial charge in [-0.25, -0.2) is 0 Å². The first kappa shape index (κ1) is 18.4. The van der Waals surface area contributed by atoms with Crippen LogP contribution in [0, 0.1) is 6.92 Å². The predicted molar refractivity (Wildman–Crippen MR) is 103 cm³/mol. The first-order valence-electron chi connectivity index (χ1n) is 9.43. The Bertz CT molecular complexity index is 1030. The molecule has 3 amide bonds. The molecule has 0 unspecified atom stereocenters. The van der Waals surface area contributed by atoms with Crippen molar-refractivity contribution in [2.75, 3.05) is 6.54 Å². The maximum atomic E-state index is 13.1. The highest BCUT2D eigenvalue weighted by Crippen LogP contribution is 2.30. The van der Waals surface area contributed by atoms with Crippen LogP contribution in [0.4, 0.5) is 0 Å². The van der Waals surface area contributed by atoms with E-state index in [1.807, 2.05) is 39.4 Å². The normalized spacial score (nSPS) is 16.5. The summed E-state index contributed by atoms with van der Waals surface area (Å²) in [5.41, 5.74) is 3.74. The molecule has 0 saturated carbocycles. The van der Waals surface area contributed by atoms with Gasteiger partial charge in [0.2, 0.25) is 0 Å². The number of carbonyl (C=O) groups is 3. The van der Waals surface area contributed by atoms with E-state index in [9.17, 15) is 14.4 Å². The molecular formula is C21H24N4O3. The fourth-order valence-electron chi connectivity index (χ4n) is 4.12. The number of rotatable bonds is 1. The number of aromatic nitrogens is 2. The molecule has 7 nitrogen and oxygen atoms in total. The average molecular weight is 380 g/mol. The molecule has 1 aromatic carbocycles. The van der Waals surface area contributed by atoms with E-state index in [0.717, 1.165) is 17.8 Å². The summed E-state index contributed by atoms with van der Waals surface area (Å²) in [6.45, 7) is 8.55. The summed E-state index contributed by atoms with van der Waals surface area (Å²) in [6, 6.07) is 4.80. The molecule has 0 saturated heterocycles. The fourth-order valence-corrected chi connectivity index (χ4v) is 4.12. The van der Waals surface area contributed by atoms with E-state index >= 15 is 0 Å². The molecule has 2 aromatic rings. The van der Waals surface area contributed by atoms with Crippen molar-refractivity contribution in [1.29, 1.82) is 0 Å². The number of fused-ring (bicyclic) bond motifs is 2. The van der Waals surface area contributed by atoms with Crippen LogP contribution in [0.5, 0.6) is 0 Å². The largest absolute Gasteiger partial charge is 0.332 e. The lowest BCUT2D eigenvalue weighted by atomic mass is 10.0. The minimum Gasteiger partial charge on any atom is -0.332 e. The Kier molecular flexibility index (Phi) is 3.96. The molecule has 2 aliphatic rings. The van der Waals surface area contributed by atoms with Gasteiger partial charge in [0.15, 0.2) is 0 Å². The summed E-state index contributed by atoms with van der Waals surface area (Å²) in [6.07, 6.45) is 0.765. The van der Waals surface area contributed by atoms with Crippen molar-refractivity contribution in [2.45, 2.75) is 46.2 Å². The molecule has 7 heteroatoms. The first-order chi connectivity index (χ1) is 13.1. The third-order valence-electron chi connectivity index (χ3n) is 5.54. The predicted octanol–water partition coefficient (Wildman–Crippen LogP) is 2.32. The van der Waals surface area contributed by atoms with Crippen molar-refractivity contribution >= 4 is 17.7 Å². The van der Waals surface area contributed by atoms with Gasteiger partial charge < -0.3 is 4.90 Å². The van der Waals surface area contributed by atoms with Crippen molar-refractivity contribution in [1.82, 2.24) is 19.6 Å². The summed E-state index contributed by atoms with van der Waals surface area (Å²) in [4.78, 5) is 41.5. The molecule has 1 aromatic heterocycles. The van der Waals surface area contributed by atoms with Crippen molar-refractivity contribution in [3.05, 3.63) is 51.8 Å². The topological polar surface area (TPSA) is 75.5 Å². The molecule has 0 fully saturated rings. The van der Waals surface area contributed by atoms with E-state index in [0.29, 0.717) is 29.8 Å². The minimum absolute atomic E-state index is 0.137. The number of nitrogens with zero attached hydrogens (tertiary/aromatic N) is 4. The van der Waals surface area contributed by atoms with Crippen molar-refractivity contribution < 1.29 is 14.4 Å². The lowest BCUT2D eigenvalue weighted by molar-refractivity contribution is 0.0507. The summed E-state index contributed by atoms with van der Waals surface area (Å²) < 4.78 is 1.83. The first-order valence-corrected chi connectivity index (χ1v) is 9.43. The van der Waals surface area contributed by atoms with E-state index < -0.39 is 5.54 Å². The second-order valence-corrected chi connectivity index (χ2v) is 8.49. The van der Waals surface area contributed by atoms with Gasteiger partial charge in [0.05, 0.1) is 29.1 Å². The highest BCUT2D eigenvalue weighted by atomic mass is 16.2. The number of amides is 3. The summed E-state index contributed by atoms with van der Waals surface area (Å²) >= 11 is 0. The lowest BCUT2D eigenvalue weighted by Gasteiger charge is -2.29. The van der Waals surface area contributed by atoms with Gasteiger partial charge in [0.1, 0.15) is 0 Å². The Morgan fingerprint density at radius 3 is 2.46 bits per heavy atom. The molecule has 146 valence electrons. The van der Waals surface area contributed by atoms with Gasteiger partial charge in [-0.15, -0.1) is 0 Å². The van der Waals surface area contributed by atoms with E-state index in [-0.39, 0.29) is 17.7 Å². The zero-order valence-corrected chi connectivity index (χ0v) is 16.9. The Labute approximate surface area is 163 Å². The minimum atomic E-state index is -0.613. The zero-order valence-electron chi connectivity index (χ0n) is 16.9. The van der Waals surface area contributed by atoms with Gasteiger partial charge in [0, 0.05) is 24.7 Å². The Hall–Kier alpha value is -2.96. The third-order valence-corrected chi connectivity index (χ3v) is 5.54. The highest BCUT2D eigenvalue weighted by Gasteiger charge is 2.42. The van der Waals surface area contributed by atoms with Gasteiger partial charge in [-0.3, -0.25) is 24.0 Å². The third kappa shape index (κ3) is 2.65. The van der Waals surface area contributed by atoms with Crippen LogP contribution in [0.15, 0.2) is 18.2 Å². The van der Waals surface area contributed by atoms with E-state index in [1.54, 1.807) is 23.1 Å². The number of imide groups is 1. The number of aryl methyl sites for hydroxylation is 2. The van der Waals surface area contributed by atoms with Crippen LogP contribution in [0.25, 0.3) is 0 Å². The molecule has 0 aliphatic carbocycles. The SMILES string of the molecule is Cc1nn(C)c2c1CCN(C(=O)c1ccc3c(c1)C(=O)N(C(C)(C)C)C3=O)C2. The van der Waals surface area contributed by atoms with Gasteiger partial charge >= 0.3 is 0 Å². The van der Waals surface area contributed by atoms with Gasteiger partial charge in [-0.05, 0) is 57.9 Å². The van der Waals surface area contributed by atoms with Crippen molar-refractivity contribution in [2.24, 2.45) is 7.05 Å². The molecular weight excluding hydrogens is 356 g/mol. The van der Waals surface area contributed by atoms with Crippen molar-refractivity contribution in [3.8, 4) is 0 Å². The molecule has 0 spiro atoms. The van der Waals surface area contributed by atoms with Gasteiger partial charge in [0.25, 0.3) is 17.7 Å². The van der Waals surface area contributed by atoms with E-state index in [1.165, 1.54) is 10.5 Å². The number of hydrogen-bond acceptors (Lipinski definition) is 4. The van der Waals surface area contributed by atoms with Crippen LogP contribution in [-0.4, -0.2) is 49.4 Å². The average Bonchev–Trinajstić information content (AvgIpc) is 3.07. The van der Waals surface area contributed by atoms with Gasteiger partial charge in [-0.1, -0.05) is 0 Å². The summed E-state index contributed by atoms with van der Waals surface area (Å²) in [5.74, 6) is -0.786. The number of benzene rings is 1.